The summed E-state index contributed by atoms with van der Waals surface area (Å²) in [6.07, 6.45) is 3.71. The van der Waals surface area contributed by atoms with Crippen molar-refractivity contribution in [1.29, 1.82) is 0 Å². The molecule has 0 N–H and O–H groups in total. The van der Waals surface area contributed by atoms with Crippen LogP contribution in [0.3, 0.4) is 0 Å². The summed E-state index contributed by atoms with van der Waals surface area (Å²) in [4.78, 5) is 18.8. The van der Waals surface area contributed by atoms with E-state index in [2.05, 4.69) is 4.98 Å². The van der Waals surface area contributed by atoms with Crippen molar-refractivity contribution in [2.75, 3.05) is 20.2 Å². The Balaban J connectivity index is 1.67. The predicted molar refractivity (Wildman–Crippen MR) is 98.3 cm³/mol. The second-order valence-electron chi connectivity index (χ2n) is 6.98. The molecule has 0 bridgehead atoms. The molecule has 5 heteroatoms. The largest absolute Gasteiger partial charge is 0.381 e. The fourth-order valence-electron chi connectivity index (χ4n) is 3.71. The molecule has 0 radical (unpaired) electrons. The average molecular weight is 356 g/mol. The molecule has 0 aliphatic carbocycles. The third-order valence-electron chi connectivity index (χ3n) is 5.02. The van der Waals surface area contributed by atoms with E-state index in [1.165, 1.54) is 6.07 Å². The van der Waals surface area contributed by atoms with Gasteiger partial charge in [0.05, 0.1) is 12.5 Å². The number of halogens is 1. The topological polar surface area (TPSA) is 42.4 Å². The first-order chi connectivity index (χ1) is 12.5. The molecule has 1 fully saturated rings. The van der Waals surface area contributed by atoms with E-state index in [4.69, 9.17) is 4.74 Å². The van der Waals surface area contributed by atoms with Crippen molar-refractivity contribution >= 4 is 5.91 Å². The van der Waals surface area contributed by atoms with Crippen molar-refractivity contribution in [3.8, 4) is 0 Å². The Hall–Kier alpha value is -2.27. The average Bonchev–Trinajstić information content (AvgIpc) is 2.61. The first-order valence-electron chi connectivity index (χ1n) is 9.01. The first kappa shape index (κ1) is 18.5. The van der Waals surface area contributed by atoms with E-state index >= 15 is 0 Å². The van der Waals surface area contributed by atoms with Gasteiger partial charge in [-0.25, -0.2) is 4.39 Å². The number of amides is 1. The number of aryl methyl sites for hydroxylation is 1. The Kier molecular flexibility index (Phi) is 5.99. The molecule has 1 aromatic carbocycles. The van der Waals surface area contributed by atoms with Gasteiger partial charge in [-0.15, -0.1) is 0 Å². The Morgan fingerprint density at radius 1 is 1.31 bits per heavy atom. The van der Waals surface area contributed by atoms with E-state index in [0.29, 0.717) is 25.9 Å². The SMILES string of the molecule is CO[C@@H]1CCN(C(=O)Cc2ccnc(C)c2)C[C@H]1Cc1cccc(F)c1. The monoisotopic (exact) mass is 356 g/mol. The van der Waals surface area contributed by atoms with E-state index in [1.54, 1.807) is 25.4 Å². The van der Waals surface area contributed by atoms with Crippen molar-refractivity contribution < 1.29 is 13.9 Å². The minimum atomic E-state index is -0.228. The van der Waals surface area contributed by atoms with Crippen LogP contribution in [0.1, 0.15) is 23.2 Å². The van der Waals surface area contributed by atoms with Crippen LogP contribution in [0.4, 0.5) is 4.39 Å². The zero-order valence-corrected chi connectivity index (χ0v) is 15.3. The summed E-state index contributed by atoms with van der Waals surface area (Å²) in [6, 6.07) is 10.5. The van der Waals surface area contributed by atoms with E-state index in [1.807, 2.05) is 30.0 Å². The molecule has 138 valence electrons. The minimum absolute atomic E-state index is 0.0884. The van der Waals surface area contributed by atoms with Crippen LogP contribution in [-0.4, -0.2) is 42.1 Å². The second-order valence-corrected chi connectivity index (χ2v) is 6.98. The number of carbonyl (C=O) groups is 1. The lowest BCUT2D eigenvalue weighted by atomic mass is 9.88. The van der Waals surface area contributed by atoms with Crippen LogP contribution in [-0.2, 0) is 22.4 Å². The normalized spacial score (nSPS) is 20.2. The van der Waals surface area contributed by atoms with Crippen LogP contribution in [0.15, 0.2) is 42.6 Å². The van der Waals surface area contributed by atoms with Gasteiger partial charge in [0.25, 0.3) is 0 Å². The number of benzene rings is 1. The minimum Gasteiger partial charge on any atom is -0.381 e. The van der Waals surface area contributed by atoms with Gasteiger partial charge in [-0.05, 0) is 55.2 Å². The molecule has 1 saturated heterocycles. The van der Waals surface area contributed by atoms with E-state index in [-0.39, 0.29) is 23.7 Å². The van der Waals surface area contributed by atoms with Gasteiger partial charge in [-0.1, -0.05) is 12.1 Å². The summed E-state index contributed by atoms with van der Waals surface area (Å²) >= 11 is 0. The van der Waals surface area contributed by atoms with Crippen molar-refractivity contribution in [3.05, 3.63) is 65.2 Å². The van der Waals surface area contributed by atoms with Gasteiger partial charge >= 0.3 is 0 Å². The lowest BCUT2D eigenvalue weighted by molar-refractivity contribution is -0.134. The molecule has 1 amide bonds. The number of nitrogens with zero attached hydrogens (tertiary/aromatic N) is 2. The quantitative estimate of drug-likeness (QED) is 0.826. The molecule has 2 aromatic rings. The number of piperidine rings is 1. The molecular formula is C21H25FN2O2. The van der Waals surface area contributed by atoms with Crippen molar-refractivity contribution in [2.45, 2.75) is 32.3 Å². The van der Waals surface area contributed by atoms with Crippen LogP contribution in [0.2, 0.25) is 0 Å². The summed E-state index contributed by atoms with van der Waals surface area (Å²) < 4.78 is 19.1. The van der Waals surface area contributed by atoms with Crippen molar-refractivity contribution in [1.82, 2.24) is 9.88 Å². The summed E-state index contributed by atoms with van der Waals surface area (Å²) in [7, 11) is 1.71. The summed E-state index contributed by atoms with van der Waals surface area (Å²) in [5.41, 5.74) is 2.84. The van der Waals surface area contributed by atoms with Gasteiger partial charge in [0.1, 0.15) is 5.82 Å². The summed E-state index contributed by atoms with van der Waals surface area (Å²) in [5, 5.41) is 0. The number of likely N-dealkylation sites (tertiary alicyclic amines) is 1. The maximum absolute atomic E-state index is 13.5. The highest BCUT2D eigenvalue weighted by molar-refractivity contribution is 5.78. The van der Waals surface area contributed by atoms with Crippen molar-refractivity contribution in [2.24, 2.45) is 5.92 Å². The van der Waals surface area contributed by atoms with Gasteiger partial charge < -0.3 is 9.64 Å². The first-order valence-corrected chi connectivity index (χ1v) is 9.01. The second kappa shape index (κ2) is 8.41. The highest BCUT2D eigenvalue weighted by Gasteiger charge is 2.31. The molecule has 0 spiro atoms. The number of rotatable bonds is 5. The standard InChI is InChI=1S/C21H25FN2O2/c1-15-10-17(6-8-23-15)13-21(25)24-9-7-20(26-2)18(14-24)11-16-4-3-5-19(22)12-16/h3-6,8,10,12,18,20H,7,9,11,13-14H2,1-2H3/t18-,20-/m1/s1. The third kappa shape index (κ3) is 4.67. The molecule has 2 atom stereocenters. The zero-order valence-electron chi connectivity index (χ0n) is 15.3. The van der Waals surface area contributed by atoms with Gasteiger partial charge in [0.15, 0.2) is 0 Å². The lowest BCUT2D eigenvalue weighted by Gasteiger charge is -2.38. The number of ether oxygens (including phenoxy) is 1. The maximum Gasteiger partial charge on any atom is 0.227 e. The molecule has 2 heterocycles. The molecule has 1 aliphatic rings. The molecule has 0 unspecified atom stereocenters. The summed E-state index contributed by atoms with van der Waals surface area (Å²) in [6.45, 7) is 3.26. The van der Waals surface area contributed by atoms with Gasteiger partial charge in [-0.2, -0.15) is 0 Å². The number of hydrogen-bond donors (Lipinski definition) is 0. The number of pyridine rings is 1. The van der Waals surface area contributed by atoms with Crippen LogP contribution in [0, 0.1) is 18.7 Å². The molecule has 1 aromatic heterocycles. The van der Waals surface area contributed by atoms with Gasteiger partial charge in [0.2, 0.25) is 5.91 Å². The number of methoxy groups -OCH3 is 1. The fourth-order valence-corrected chi connectivity index (χ4v) is 3.71. The Morgan fingerprint density at radius 3 is 2.88 bits per heavy atom. The predicted octanol–water partition coefficient (Wildman–Crippen LogP) is 3.18. The third-order valence-corrected chi connectivity index (χ3v) is 5.02. The highest BCUT2D eigenvalue weighted by atomic mass is 19.1. The Morgan fingerprint density at radius 2 is 2.15 bits per heavy atom. The highest BCUT2D eigenvalue weighted by Crippen LogP contribution is 2.24. The molecule has 4 nitrogen and oxygen atoms in total. The van der Waals surface area contributed by atoms with E-state index < -0.39 is 0 Å². The number of carbonyl (C=O) groups excluding carboxylic acids is 1. The molecule has 3 rings (SSSR count). The van der Waals surface area contributed by atoms with Gasteiger partial charge in [-0.3, -0.25) is 9.78 Å². The van der Waals surface area contributed by atoms with Crippen molar-refractivity contribution in [3.63, 3.8) is 0 Å². The zero-order chi connectivity index (χ0) is 18.5. The molecule has 26 heavy (non-hydrogen) atoms. The number of hydrogen-bond acceptors (Lipinski definition) is 3. The Bertz CT molecular complexity index is 765. The molecular weight excluding hydrogens is 331 g/mol. The smallest absolute Gasteiger partial charge is 0.227 e. The molecule has 0 saturated carbocycles. The summed E-state index contributed by atoms with van der Waals surface area (Å²) in [5.74, 6) is 0.0568. The maximum atomic E-state index is 13.5. The van der Waals surface area contributed by atoms with Crippen LogP contribution in [0.25, 0.3) is 0 Å². The lowest BCUT2D eigenvalue weighted by Crippen LogP contribution is -2.47. The van der Waals surface area contributed by atoms with Crippen LogP contribution < -0.4 is 0 Å². The molecule has 1 aliphatic heterocycles. The van der Waals surface area contributed by atoms with E-state index in [9.17, 15) is 9.18 Å². The van der Waals surface area contributed by atoms with Gasteiger partial charge in [0, 0.05) is 38.0 Å². The van der Waals surface area contributed by atoms with Crippen LogP contribution in [0.5, 0.6) is 0 Å². The van der Waals surface area contributed by atoms with E-state index in [0.717, 1.165) is 23.2 Å². The fraction of sp³-hybridized carbons (Fsp3) is 0.429. The number of aromatic nitrogens is 1. The Labute approximate surface area is 154 Å². The van der Waals surface area contributed by atoms with Crippen LogP contribution >= 0.6 is 0 Å².